The predicted molar refractivity (Wildman–Crippen MR) is 103 cm³/mol. The molecule has 1 aliphatic carbocycles. The molecule has 2 aliphatic rings. The molecular formula is C20H25ClN4O. The topological polar surface area (TPSA) is 63.0 Å². The van der Waals surface area contributed by atoms with Gasteiger partial charge in [-0.3, -0.25) is 4.68 Å². The van der Waals surface area contributed by atoms with Crippen molar-refractivity contribution in [2.24, 2.45) is 11.3 Å². The van der Waals surface area contributed by atoms with Crippen molar-refractivity contribution in [2.75, 3.05) is 19.7 Å². The minimum absolute atomic E-state index is 0.0750. The number of aromatic nitrogens is 3. The molecule has 2 aromatic heterocycles. The number of rotatable bonds is 3. The molecule has 0 bridgehead atoms. The highest BCUT2D eigenvalue weighted by atomic mass is 35.5. The lowest BCUT2D eigenvalue weighted by Gasteiger charge is -2.26. The first kappa shape index (κ1) is 17.8. The van der Waals surface area contributed by atoms with Gasteiger partial charge in [0.2, 0.25) is 0 Å². The Morgan fingerprint density at radius 1 is 1.31 bits per heavy atom. The van der Waals surface area contributed by atoms with E-state index >= 15 is 0 Å². The Morgan fingerprint density at radius 2 is 2.08 bits per heavy atom. The number of aliphatic hydroxyl groups excluding tert-OH is 1. The van der Waals surface area contributed by atoms with Crippen LogP contribution in [-0.4, -0.2) is 39.6 Å². The van der Waals surface area contributed by atoms with Gasteiger partial charge in [-0.05, 0) is 44.7 Å². The minimum Gasteiger partial charge on any atom is -0.396 e. The lowest BCUT2D eigenvalue weighted by Crippen LogP contribution is -2.28. The van der Waals surface area contributed by atoms with Crippen molar-refractivity contribution in [3.05, 3.63) is 23.1 Å². The molecule has 2 aromatic rings. The summed E-state index contributed by atoms with van der Waals surface area (Å²) >= 11 is 6.14. The number of nitrogens with zero attached hydrogens (tertiary/aromatic N) is 3. The third-order valence-corrected chi connectivity index (χ3v) is 6.03. The quantitative estimate of drug-likeness (QED) is 0.642. The lowest BCUT2D eigenvalue weighted by molar-refractivity contribution is 0.108. The Labute approximate surface area is 159 Å². The van der Waals surface area contributed by atoms with Crippen molar-refractivity contribution in [1.82, 2.24) is 20.1 Å². The molecule has 4 rings (SSSR count). The van der Waals surface area contributed by atoms with Gasteiger partial charge >= 0.3 is 0 Å². The molecular weight excluding hydrogens is 348 g/mol. The zero-order valence-corrected chi connectivity index (χ0v) is 15.7. The number of hydrogen-bond donors (Lipinski definition) is 2. The summed E-state index contributed by atoms with van der Waals surface area (Å²) in [6.07, 6.45) is 8.37. The van der Waals surface area contributed by atoms with Crippen LogP contribution < -0.4 is 5.32 Å². The van der Waals surface area contributed by atoms with Gasteiger partial charge in [-0.25, -0.2) is 4.98 Å². The van der Waals surface area contributed by atoms with Gasteiger partial charge in [-0.15, -0.1) is 0 Å². The molecule has 2 N–H and O–H groups in total. The van der Waals surface area contributed by atoms with E-state index in [1.807, 2.05) is 10.7 Å². The third-order valence-electron chi connectivity index (χ3n) is 5.82. The van der Waals surface area contributed by atoms with E-state index < -0.39 is 0 Å². The van der Waals surface area contributed by atoms with Crippen molar-refractivity contribution in [1.29, 1.82) is 0 Å². The summed E-state index contributed by atoms with van der Waals surface area (Å²) in [5.74, 6) is 7.12. The van der Waals surface area contributed by atoms with Crippen LogP contribution in [0.3, 0.4) is 0 Å². The Morgan fingerprint density at radius 3 is 2.81 bits per heavy atom. The zero-order chi connectivity index (χ0) is 18.0. The average molecular weight is 373 g/mol. The number of nitrogens with one attached hydrogen (secondary N) is 1. The predicted octanol–water partition coefficient (Wildman–Crippen LogP) is 2.99. The number of fused-ring (bicyclic) bond motifs is 1. The van der Waals surface area contributed by atoms with Crippen molar-refractivity contribution in [2.45, 2.75) is 45.1 Å². The monoisotopic (exact) mass is 372 g/mol. The van der Waals surface area contributed by atoms with Crippen LogP contribution in [0, 0.1) is 23.2 Å². The molecule has 1 saturated heterocycles. The van der Waals surface area contributed by atoms with Crippen molar-refractivity contribution >= 4 is 22.5 Å². The fourth-order valence-corrected chi connectivity index (χ4v) is 4.36. The fourth-order valence-electron chi connectivity index (χ4n) is 4.20. The standard InChI is InChI=1S/C20H25ClN4O/c21-19-11-18-16(12-23-19)17(4-3-15-5-9-22-10-6-15)24-25(18)13-20(14-26)7-1-2-8-20/h11-12,15,22,26H,1-2,5-10,13-14H2. The highest BCUT2D eigenvalue weighted by Crippen LogP contribution is 2.39. The Balaban J connectivity index is 1.69. The maximum absolute atomic E-state index is 9.97. The van der Waals surface area contributed by atoms with Gasteiger partial charge < -0.3 is 10.4 Å². The number of pyridine rings is 1. The first-order valence-corrected chi connectivity index (χ1v) is 9.92. The Kier molecular flexibility index (Phi) is 5.17. The van der Waals surface area contributed by atoms with Crippen LogP contribution in [0.4, 0.5) is 0 Å². The second-order valence-electron chi connectivity index (χ2n) is 7.69. The second-order valence-corrected chi connectivity index (χ2v) is 8.08. The second kappa shape index (κ2) is 7.56. The summed E-state index contributed by atoms with van der Waals surface area (Å²) in [7, 11) is 0. The highest BCUT2D eigenvalue weighted by molar-refractivity contribution is 6.30. The summed E-state index contributed by atoms with van der Waals surface area (Å²) in [5, 5.41) is 19.5. The molecule has 0 atom stereocenters. The molecule has 138 valence electrons. The Hall–Kier alpha value is -1.61. The van der Waals surface area contributed by atoms with Gasteiger partial charge in [0.15, 0.2) is 0 Å². The van der Waals surface area contributed by atoms with Gasteiger partial charge in [0.05, 0.1) is 17.5 Å². The van der Waals surface area contributed by atoms with Crippen molar-refractivity contribution in [3.63, 3.8) is 0 Å². The van der Waals surface area contributed by atoms with E-state index in [0.717, 1.165) is 55.4 Å². The first-order chi connectivity index (χ1) is 12.7. The van der Waals surface area contributed by atoms with Gasteiger partial charge in [0, 0.05) is 30.1 Å². The van der Waals surface area contributed by atoms with Gasteiger partial charge in [0.1, 0.15) is 10.8 Å². The molecule has 6 heteroatoms. The minimum atomic E-state index is -0.0750. The summed E-state index contributed by atoms with van der Waals surface area (Å²) < 4.78 is 1.98. The van der Waals surface area contributed by atoms with Crippen LogP contribution >= 0.6 is 11.6 Å². The van der Waals surface area contributed by atoms with E-state index in [9.17, 15) is 5.11 Å². The van der Waals surface area contributed by atoms with Gasteiger partial charge in [-0.1, -0.05) is 30.4 Å². The smallest absolute Gasteiger partial charge is 0.144 e. The van der Waals surface area contributed by atoms with E-state index in [1.54, 1.807) is 6.20 Å². The van der Waals surface area contributed by atoms with E-state index in [2.05, 4.69) is 22.1 Å². The number of hydrogen-bond acceptors (Lipinski definition) is 4. The molecule has 0 amide bonds. The Bertz CT molecular complexity index is 839. The maximum Gasteiger partial charge on any atom is 0.144 e. The summed E-state index contributed by atoms with van der Waals surface area (Å²) in [5.41, 5.74) is 1.65. The largest absolute Gasteiger partial charge is 0.396 e. The summed E-state index contributed by atoms with van der Waals surface area (Å²) in [4.78, 5) is 4.23. The molecule has 2 fully saturated rings. The van der Waals surface area contributed by atoms with E-state index in [1.165, 1.54) is 12.8 Å². The van der Waals surface area contributed by atoms with Gasteiger partial charge in [-0.2, -0.15) is 5.10 Å². The van der Waals surface area contributed by atoms with Crippen LogP contribution in [0.15, 0.2) is 12.3 Å². The molecule has 1 aliphatic heterocycles. The van der Waals surface area contributed by atoms with Crippen molar-refractivity contribution in [3.8, 4) is 11.8 Å². The molecule has 1 saturated carbocycles. The summed E-state index contributed by atoms with van der Waals surface area (Å²) in [6.45, 7) is 2.97. The number of piperidine rings is 1. The van der Waals surface area contributed by atoms with Crippen LogP contribution in [0.25, 0.3) is 10.9 Å². The number of halogens is 1. The molecule has 26 heavy (non-hydrogen) atoms. The molecule has 0 aromatic carbocycles. The SMILES string of the molecule is OCC1(Cn2nc(C#CC3CCNCC3)c3cnc(Cl)cc32)CCCC1. The molecule has 0 unspecified atom stereocenters. The van der Waals surface area contributed by atoms with Gasteiger partial charge in [0.25, 0.3) is 0 Å². The van der Waals surface area contributed by atoms with Crippen LogP contribution in [0.5, 0.6) is 0 Å². The lowest BCUT2D eigenvalue weighted by atomic mass is 9.87. The molecule has 0 spiro atoms. The number of aliphatic hydroxyl groups is 1. The molecule has 0 radical (unpaired) electrons. The maximum atomic E-state index is 9.97. The van der Waals surface area contributed by atoms with Crippen LogP contribution in [-0.2, 0) is 6.54 Å². The van der Waals surface area contributed by atoms with E-state index in [0.29, 0.717) is 17.6 Å². The first-order valence-electron chi connectivity index (χ1n) is 9.54. The normalized spacial score (nSPS) is 20.2. The average Bonchev–Trinajstić information content (AvgIpc) is 3.27. The van der Waals surface area contributed by atoms with E-state index in [4.69, 9.17) is 16.7 Å². The van der Waals surface area contributed by atoms with E-state index in [-0.39, 0.29) is 12.0 Å². The van der Waals surface area contributed by atoms with Crippen LogP contribution in [0.2, 0.25) is 5.15 Å². The third kappa shape index (κ3) is 3.59. The zero-order valence-electron chi connectivity index (χ0n) is 15.0. The molecule has 3 heterocycles. The van der Waals surface area contributed by atoms with Crippen molar-refractivity contribution < 1.29 is 5.11 Å². The molecule has 5 nitrogen and oxygen atoms in total. The highest BCUT2D eigenvalue weighted by Gasteiger charge is 2.34. The fraction of sp³-hybridized carbons (Fsp3) is 0.600. The van der Waals surface area contributed by atoms with Crippen LogP contribution in [0.1, 0.15) is 44.2 Å². The summed E-state index contributed by atoms with van der Waals surface area (Å²) in [6, 6.07) is 1.86.